The molecule has 3 heterocycles. The molecule has 27 heavy (non-hydrogen) atoms. The summed E-state index contributed by atoms with van der Waals surface area (Å²) in [5, 5.41) is 8.03. The smallest absolute Gasteiger partial charge is 0.191 e. The zero-order valence-electron chi connectivity index (χ0n) is 16.5. The average Bonchev–Trinajstić information content (AvgIpc) is 2.97. The molecule has 3 rings (SSSR count). The number of halogens is 1. The van der Waals surface area contributed by atoms with Crippen molar-refractivity contribution in [3.8, 4) is 0 Å². The van der Waals surface area contributed by atoms with Crippen molar-refractivity contribution < 1.29 is 0 Å². The second-order valence-electron chi connectivity index (χ2n) is 6.72. The molecule has 2 N–H and O–H groups in total. The molecule has 0 radical (unpaired) electrons. The summed E-state index contributed by atoms with van der Waals surface area (Å²) < 4.78 is 0. The molecule has 0 amide bonds. The van der Waals surface area contributed by atoms with Gasteiger partial charge in [-0.15, -0.1) is 35.3 Å². The van der Waals surface area contributed by atoms with Gasteiger partial charge in [0, 0.05) is 36.8 Å². The van der Waals surface area contributed by atoms with E-state index in [9.17, 15) is 0 Å². The first-order valence-electron chi connectivity index (χ1n) is 9.14. The van der Waals surface area contributed by atoms with E-state index in [0.717, 1.165) is 54.1 Å². The van der Waals surface area contributed by atoms with E-state index in [1.54, 1.807) is 11.3 Å². The number of hydrogen-bond donors (Lipinski definition) is 2. The fourth-order valence-corrected chi connectivity index (χ4v) is 3.99. The van der Waals surface area contributed by atoms with Crippen molar-refractivity contribution in [1.82, 2.24) is 20.6 Å². The number of piperidine rings is 1. The molecule has 148 valence electrons. The number of nitrogens with one attached hydrogen (secondary N) is 2. The van der Waals surface area contributed by atoms with Crippen molar-refractivity contribution in [2.24, 2.45) is 4.99 Å². The zero-order chi connectivity index (χ0) is 18.5. The van der Waals surface area contributed by atoms with Gasteiger partial charge in [-0.2, -0.15) is 0 Å². The molecular formula is C19H29IN6S. The Morgan fingerprint density at radius 2 is 1.96 bits per heavy atom. The Balaban J connectivity index is 0.00000261. The van der Waals surface area contributed by atoms with Crippen LogP contribution in [0.4, 0.5) is 5.82 Å². The molecule has 0 bridgehead atoms. The Bertz CT molecular complexity index is 748. The second-order valence-corrected chi connectivity index (χ2v) is 8.01. The van der Waals surface area contributed by atoms with Gasteiger partial charge in [-0.05, 0) is 45.7 Å². The molecule has 6 nitrogen and oxygen atoms in total. The van der Waals surface area contributed by atoms with Crippen LogP contribution in [-0.4, -0.2) is 42.1 Å². The maximum Gasteiger partial charge on any atom is 0.191 e. The van der Waals surface area contributed by atoms with Gasteiger partial charge in [-0.25, -0.2) is 9.97 Å². The van der Waals surface area contributed by atoms with Crippen LogP contribution in [0, 0.1) is 20.8 Å². The number of nitrogens with zero attached hydrogens (tertiary/aromatic N) is 4. The molecule has 1 aliphatic heterocycles. The number of aliphatic imine (C=N–C) groups is 1. The predicted octanol–water partition coefficient (Wildman–Crippen LogP) is 3.42. The van der Waals surface area contributed by atoms with E-state index in [1.807, 2.05) is 20.0 Å². The average molecular weight is 500 g/mol. The van der Waals surface area contributed by atoms with E-state index in [4.69, 9.17) is 0 Å². The molecule has 2 aromatic rings. The van der Waals surface area contributed by atoms with Crippen molar-refractivity contribution in [3.63, 3.8) is 0 Å². The molecular weight excluding hydrogens is 471 g/mol. The summed E-state index contributed by atoms with van der Waals surface area (Å²) in [6, 6.07) is 6.65. The fourth-order valence-electron chi connectivity index (χ4n) is 3.12. The lowest BCUT2D eigenvalue weighted by molar-refractivity contribution is 0.459. The molecule has 1 fully saturated rings. The normalized spacial score (nSPS) is 15.4. The Hall–Kier alpha value is -1.42. The summed E-state index contributed by atoms with van der Waals surface area (Å²) in [7, 11) is 1.82. The van der Waals surface area contributed by atoms with Crippen LogP contribution in [0.2, 0.25) is 0 Å². The fraction of sp³-hybridized carbons (Fsp3) is 0.526. The number of rotatable bonds is 4. The third-order valence-electron chi connectivity index (χ3n) is 4.74. The van der Waals surface area contributed by atoms with E-state index < -0.39 is 0 Å². The van der Waals surface area contributed by atoms with Crippen LogP contribution in [0.5, 0.6) is 0 Å². The highest BCUT2D eigenvalue weighted by molar-refractivity contribution is 14.0. The lowest BCUT2D eigenvalue weighted by Crippen LogP contribution is -2.48. The van der Waals surface area contributed by atoms with E-state index in [2.05, 4.69) is 56.5 Å². The molecule has 0 aliphatic carbocycles. The largest absolute Gasteiger partial charge is 0.356 e. The van der Waals surface area contributed by atoms with Crippen LogP contribution < -0.4 is 15.5 Å². The van der Waals surface area contributed by atoms with Gasteiger partial charge in [-0.3, -0.25) is 4.99 Å². The van der Waals surface area contributed by atoms with Crippen molar-refractivity contribution in [1.29, 1.82) is 0 Å². The maximum atomic E-state index is 4.63. The van der Waals surface area contributed by atoms with Crippen molar-refractivity contribution in [2.75, 3.05) is 25.0 Å². The minimum Gasteiger partial charge on any atom is -0.356 e. The maximum absolute atomic E-state index is 4.63. The number of guanidine groups is 1. The Morgan fingerprint density at radius 1 is 1.22 bits per heavy atom. The Morgan fingerprint density at radius 3 is 2.56 bits per heavy atom. The van der Waals surface area contributed by atoms with E-state index >= 15 is 0 Å². The molecule has 0 spiro atoms. The van der Waals surface area contributed by atoms with Gasteiger partial charge in [0.2, 0.25) is 0 Å². The SMILES string of the molecule is CN=C(NCc1nc(C)c(C)s1)NC1CCN(c2cccc(C)n2)CC1.I. The third-order valence-corrected chi connectivity index (χ3v) is 5.81. The highest BCUT2D eigenvalue weighted by Crippen LogP contribution is 2.18. The van der Waals surface area contributed by atoms with Crippen LogP contribution in [0.1, 0.15) is 34.1 Å². The highest BCUT2D eigenvalue weighted by Gasteiger charge is 2.21. The second kappa shape index (κ2) is 10.2. The summed E-state index contributed by atoms with van der Waals surface area (Å²) in [5.41, 5.74) is 2.19. The Kier molecular flexibility index (Phi) is 8.28. The minimum absolute atomic E-state index is 0. The van der Waals surface area contributed by atoms with Crippen LogP contribution in [0.25, 0.3) is 0 Å². The number of aryl methyl sites for hydroxylation is 3. The number of aromatic nitrogens is 2. The van der Waals surface area contributed by atoms with Crippen LogP contribution in [0.15, 0.2) is 23.2 Å². The molecule has 1 saturated heterocycles. The zero-order valence-corrected chi connectivity index (χ0v) is 19.6. The van der Waals surface area contributed by atoms with Crippen molar-refractivity contribution >= 4 is 47.1 Å². The van der Waals surface area contributed by atoms with E-state index in [-0.39, 0.29) is 24.0 Å². The van der Waals surface area contributed by atoms with Gasteiger partial charge in [-0.1, -0.05) is 6.07 Å². The third kappa shape index (κ3) is 6.03. The first kappa shape index (κ1) is 21.9. The minimum atomic E-state index is 0. The molecule has 0 atom stereocenters. The highest BCUT2D eigenvalue weighted by atomic mass is 127. The van der Waals surface area contributed by atoms with Crippen molar-refractivity contribution in [3.05, 3.63) is 39.5 Å². The van der Waals surface area contributed by atoms with Gasteiger partial charge in [0.1, 0.15) is 10.8 Å². The standard InChI is InChI=1S/C19H28N6S.HI/c1-13-6-5-7-17(22-13)25-10-8-16(9-11-25)24-19(20-4)21-12-18-23-14(2)15(3)26-18;/h5-7,16H,8-12H2,1-4H3,(H2,20,21,24);1H. The number of pyridine rings is 1. The van der Waals surface area contributed by atoms with Gasteiger partial charge in [0.25, 0.3) is 0 Å². The van der Waals surface area contributed by atoms with E-state index in [0.29, 0.717) is 12.6 Å². The van der Waals surface area contributed by atoms with Crippen molar-refractivity contribution in [2.45, 2.75) is 46.2 Å². The molecule has 1 aliphatic rings. The monoisotopic (exact) mass is 500 g/mol. The summed E-state index contributed by atoms with van der Waals surface area (Å²) in [6.07, 6.45) is 2.15. The predicted molar refractivity (Wildman–Crippen MR) is 125 cm³/mol. The molecule has 2 aromatic heterocycles. The number of anilines is 1. The van der Waals surface area contributed by atoms with Crippen LogP contribution in [-0.2, 0) is 6.54 Å². The van der Waals surface area contributed by atoms with Gasteiger partial charge in [0.05, 0.1) is 12.2 Å². The molecule has 0 aromatic carbocycles. The summed E-state index contributed by atoms with van der Waals surface area (Å²) in [5.74, 6) is 1.93. The van der Waals surface area contributed by atoms with Gasteiger partial charge >= 0.3 is 0 Å². The number of hydrogen-bond acceptors (Lipinski definition) is 5. The summed E-state index contributed by atoms with van der Waals surface area (Å²) in [6.45, 7) is 8.94. The first-order valence-corrected chi connectivity index (χ1v) is 9.95. The lowest BCUT2D eigenvalue weighted by atomic mass is 10.1. The summed E-state index contributed by atoms with van der Waals surface area (Å²) in [4.78, 5) is 17.2. The quantitative estimate of drug-likeness (QED) is 0.383. The molecule has 8 heteroatoms. The number of thiazole rings is 1. The van der Waals surface area contributed by atoms with Crippen LogP contribution >= 0.6 is 35.3 Å². The summed E-state index contributed by atoms with van der Waals surface area (Å²) >= 11 is 1.74. The lowest BCUT2D eigenvalue weighted by Gasteiger charge is -2.33. The van der Waals surface area contributed by atoms with E-state index in [1.165, 1.54) is 4.88 Å². The molecule has 0 saturated carbocycles. The van der Waals surface area contributed by atoms with Gasteiger partial charge in [0.15, 0.2) is 5.96 Å². The van der Waals surface area contributed by atoms with Crippen LogP contribution in [0.3, 0.4) is 0 Å². The molecule has 0 unspecified atom stereocenters. The topological polar surface area (TPSA) is 65.4 Å². The Labute approximate surface area is 182 Å². The first-order chi connectivity index (χ1) is 12.5. The van der Waals surface area contributed by atoms with Gasteiger partial charge < -0.3 is 15.5 Å².